The van der Waals surface area contributed by atoms with E-state index in [-0.39, 0.29) is 36.7 Å². The van der Waals surface area contributed by atoms with Gasteiger partial charge in [0.25, 0.3) is 0 Å². The van der Waals surface area contributed by atoms with Gasteiger partial charge in [-0.25, -0.2) is 13.4 Å². The predicted molar refractivity (Wildman–Crippen MR) is 91.7 cm³/mol. The zero-order valence-corrected chi connectivity index (χ0v) is 15.0. The first-order chi connectivity index (χ1) is 12.4. The van der Waals surface area contributed by atoms with E-state index in [2.05, 4.69) is 10.3 Å². The second-order valence-corrected chi connectivity index (χ2v) is 8.66. The van der Waals surface area contributed by atoms with Gasteiger partial charge in [-0.15, -0.1) is 0 Å². The molecule has 26 heavy (non-hydrogen) atoms. The monoisotopic (exact) mass is 378 g/mol. The van der Waals surface area contributed by atoms with Crippen molar-refractivity contribution in [2.45, 2.75) is 25.8 Å². The van der Waals surface area contributed by atoms with E-state index >= 15 is 0 Å². The standard InChI is InChI=1S/C17H18N2O6S/c1-10-13(7-16(20)18-12-4-5-26(21,22)8-12)19-17(25-10)11-2-3-14-15(6-11)24-9-23-14/h2-3,6,12H,4-5,7-9H2,1H3,(H,18,20). The van der Waals surface area contributed by atoms with Crippen LogP contribution >= 0.6 is 0 Å². The number of nitrogens with one attached hydrogen (secondary N) is 1. The average molecular weight is 378 g/mol. The molecule has 1 aromatic heterocycles. The number of rotatable bonds is 4. The summed E-state index contributed by atoms with van der Waals surface area (Å²) in [5, 5.41) is 2.76. The highest BCUT2D eigenvalue weighted by Gasteiger charge is 2.29. The van der Waals surface area contributed by atoms with Crippen molar-refractivity contribution in [2.24, 2.45) is 0 Å². The fourth-order valence-electron chi connectivity index (χ4n) is 3.08. The summed E-state index contributed by atoms with van der Waals surface area (Å²) in [6, 6.07) is 5.05. The highest BCUT2D eigenvalue weighted by molar-refractivity contribution is 7.91. The summed E-state index contributed by atoms with van der Waals surface area (Å²) in [4.78, 5) is 16.6. The molecule has 0 saturated carbocycles. The molecular weight excluding hydrogens is 360 g/mol. The Labute approximate surface area is 150 Å². The molecule has 1 fully saturated rings. The number of ether oxygens (including phenoxy) is 2. The van der Waals surface area contributed by atoms with E-state index in [0.29, 0.717) is 35.3 Å². The van der Waals surface area contributed by atoms with Crippen LogP contribution < -0.4 is 14.8 Å². The largest absolute Gasteiger partial charge is 0.454 e. The van der Waals surface area contributed by atoms with Gasteiger partial charge in [0.15, 0.2) is 21.3 Å². The van der Waals surface area contributed by atoms with Gasteiger partial charge in [0.05, 0.1) is 23.6 Å². The van der Waals surface area contributed by atoms with Crippen LogP contribution in [0.3, 0.4) is 0 Å². The molecule has 1 N–H and O–H groups in total. The number of oxazole rings is 1. The zero-order valence-electron chi connectivity index (χ0n) is 14.1. The van der Waals surface area contributed by atoms with Gasteiger partial charge in [0, 0.05) is 11.6 Å². The van der Waals surface area contributed by atoms with E-state index in [4.69, 9.17) is 13.9 Å². The van der Waals surface area contributed by atoms with Crippen LogP contribution in [0.4, 0.5) is 0 Å². The minimum absolute atomic E-state index is 0.00101. The normalized spacial score (nSPS) is 20.3. The number of hydrogen-bond donors (Lipinski definition) is 1. The fraction of sp³-hybridized carbons (Fsp3) is 0.412. The van der Waals surface area contributed by atoms with Gasteiger partial charge >= 0.3 is 0 Å². The predicted octanol–water partition coefficient (Wildman–Crippen LogP) is 1.22. The molecule has 1 saturated heterocycles. The third-order valence-corrected chi connectivity index (χ3v) is 6.21. The van der Waals surface area contributed by atoms with Crippen LogP contribution in [0.15, 0.2) is 22.6 Å². The number of hydrogen-bond acceptors (Lipinski definition) is 7. The molecule has 1 amide bonds. The van der Waals surface area contributed by atoms with Crippen LogP contribution in [0, 0.1) is 6.92 Å². The van der Waals surface area contributed by atoms with Gasteiger partial charge in [-0.2, -0.15) is 0 Å². The average Bonchev–Trinajstić information content (AvgIpc) is 3.26. The SMILES string of the molecule is Cc1oc(-c2ccc3c(c2)OCO3)nc1CC(=O)NC1CCS(=O)(=O)C1. The van der Waals surface area contributed by atoms with Crippen LogP contribution in [-0.4, -0.2) is 43.6 Å². The Morgan fingerprint density at radius 1 is 1.31 bits per heavy atom. The van der Waals surface area contributed by atoms with E-state index in [1.807, 2.05) is 6.07 Å². The summed E-state index contributed by atoms with van der Waals surface area (Å²) < 4.78 is 39.3. The van der Waals surface area contributed by atoms with Crippen molar-refractivity contribution in [1.82, 2.24) is 10.3 Å². The third-order valence-electron chi connectivity index (χ3n) is 4.44. The van der Waals surface area contributed by atoms with Gasteiger partial charge in [-0.3, -0.25) is 4.79 Å². The van der Waals surface area contributed by atoms with Gasteiger partial charge in [-0.05, 0) is 31.5 Å². The maximum atomic E-state index is 12.2. The van der Waals surface area contributed by atoms with Crippen LogP contribution in [-0.2, 0) is 21.1 Å². The Morgan fingerprint density at radius 3 is 2.88 bits per heavy atom. The molecule has 1 aromatic carbocycles. The molecule has 0 radical (unpaired) electrons. The second-order valence-electron chi connectivity index (χ2n) is 6.43. The highest BCUT2D eigenvalue weighted by atomic mass is 32.2. The number of aromatic nitrogens is 1. The Morgan fingerprint density at radius 2 is 2.12 bits per heavy atom. The molecule has 3 heterocycles. The van der Waals surface area contributed by atoms with Crippen LogP contribution in [0.2, 0.25) is 0 Å². The van der Waals surface area contributed by atoms with E-state index in [1.54, 1.807) is 19.1 Å². The van der Waals surface area contributed by atoms with E-state index in [0.717, 1.165) is 5.56 Å². The minimum atomic E-state index is -3.03. The first kappa shape index (κ1) is 16.9. The van der Waals surface area contributed by atoms with Crippen molar-refractivity contribution in [3.63, 3.8) is 0 Å². The lowest BCUT2D eigenvalue weighted by molar-refractivity contribution is -0.121. The molecule has 2 aromatic rings. The lowest BCUT2D eigenvalue weighted by Crippen LogP contribution is -2.36. The van der Waals surface area contributed by atoms with E-state index in [9.17, 15) is 13.2 Å². The molecule has 4 rings (SSSR count). The van der Waals surface area contributed by atoms with Crippen molar-refractivity contribution in [3.8, 4) is 23.0 Å². The molecule has 1 atom stereocenters. The first-order valence-electron chi connectivity index (χ1n) is 8.26. The summed E-state index contributed by atoms with van der Waals surface area (Å²) in [6.45, 7) is 1.93. The van der Waals surface area contributed by atoms with Gasteiger partial charge in [-0.1, -0.05) is 0 Å². The Bertz CT molecular complexity index is 966. The third kappa shape index (κ3) is 3.39. The number of fused-ring (bicyclic) bond motifs is 1. The van der Waals surface area contributed by atoms with Gasteiger partial charge < -0.3 is 19.2 Å². The van der Waals surface area contributed by atoms with E-state index < -0.39 is 9.84 Å². The first-order valence-corrected chi connectivity index (χ1v) is 10.1. The molecular formula is C17H18N2O6S. The number of amides is 1. The lowest BCUT2D eigenvalue weighted by Gasteiger charge is -2.09. The molecule has 2 aliphatic heterocycles. The second kappa shape index (κ2) is 6.31. The summed E-state index contributed by atoms with van der Waals surface area (Å²) >= 11 is 0. The molecule has 0 aliphatic carbocycles. The molecule has 0 spiro atoms. The van der Waals surface area contributed by atoms with Crippen molar-refractivity contribution in [2.75, 3.05) is 18.3 Å². The van der Waals surface area contributed by atoms with Gasteiger partial charge in [0.1, 0.15) is 5.76 Å². The maximum Gasteiger partial charge on any atom is 0.231 e. The topological polar surface area (TPSA) is 108 Å². The molecule has 8 nitrogen and oxygen atoms in total. The van der Waals surface area contributed by atoms with E-state index in [1.165, 1.54) is 0 Å². The summed E-state index contributed by atoms with van der Waals surface area (Å²) in [6.07, 6.45) is 0.491. The van der Waals surface area contributed by atoms with Crippen LogP contribution in [0.1, 0.15) is 17.9 Å². The quantitative estimate of drug-likeness (QED) is 0.852. The smallest absolute Gasteiger partial charge is 0.231 e. The Hall–Kier alpha value is -2.55. The van der Waals surface area contributed by atoms with Crippen molar-refractivity contribution >= 4 is 15.7 Å². The number of sulfone groups is 1. The number of carbonyl (C=O) groups is 1. The van der Waals surface area contributed by atoms with Crippen molar-refractivity contribution in [1.29, 1.82) is 0 Å². The lowest BCUT2D eigenvalue weighted by atomic mass is 10.2. The summed E-state index contributed by atoms with van der Waals surface area (Å²) in [7, 11) is -3.03. The Balaban J connectivity index is 1.46. The molecule has 0 bridgehead atoms. The number of aryl methyl sites for hydroxylation is 1. The summed E-state index contributed by atoms with van der Waals surface area (Å²) in [5.74, 6) is 2.09. The number of benzene rings is 1. The minimum Gasteiger partial charge on any atom is -0.454 e. The van der Waals surface area contributed by atoms with Crippen molar-refractivity contribution < 1.29 is 27.1 Å². The number of nitrogens with zero attached hydrogens (tertiary/aromatic N) is 1. The number of carbonyl (C=O) groups excluding carboxylic acids is 1. The molecule has 2 aliphatic rings. The summed E-state index contributed by atoms with van der Waals surface area (Å²) in [5.41, 5.74) is 1.25. The van der Waals surface area contributed by atoms with Crippen molar-refractivity contribution in [3.05, 3.63) is 29.7 Å². The molecule has 9 heteroatoms. The Kier molecular flexibility index (Phi) is 4.10. The maximum absolute atomic E-state index is 12.2. The molecule has 138 valence electrons. The zero-order chi connectivity index (χ0) is 18.3. The van der Waals surface area contributed by atoms with Crippen LogP contribution in [0.25, 0.3) is 11.5 Å². The molecule has 1 unspecified atom stereocenters. The highest BCUT2D eigenvalue weighted by Crippen LogP contribution is 2.36. The fourth-order valence-corrected chi connectivity index (χ4v) is 4.76. The van der Waals surface area contributed by atoms with Gasteiger partial charge in [0.2, 0.25) is 18.6 Å². The van der Waals surface area contributed by atoms with Crippen LogP contribution in [0.5, 0.6) is 11.5 Å².